The maximum Gasteiger partial charge on any atom is 0.0635 e. The highest BCUT2D eigenvalue weighted by Crippen LogP contribution is 2.52. The molecule has 0 bridgehead atoms. The maximum atomic E-state index is 6.28. The normalized spacial score (nSPS) is 38.7. The molecule has 2 unspecified atom stereocenters. The van der Waals surface area contributed by atoms with E-state index in [2.05, 4.69) is 23.4 Å². The van der Waals surface area contributed by atoms with Crippen LogP contribution in [0.25, 0.3) is 0 Å². The topological polar surface area (TPSA) is 6.48 Å². The van der Waals surface area contributed by atoms with Crippen LogP contribution in [0, 0.1) is 0 Å². The molecule has 0 radical (unpaired) electrons. The fourth-order valence-electron chi connectivity index (χ4n) is 1.09. The van der Waals surface area contributed by atoms with Crippen molar-refractivity contribution < 1.29 is 0 Å². The molecule has 1 aliphatic heterocycles. The third-order valence-corrected chi connectivity index (χ3v) is 10.1. The first-order chi connectivity index (χ1) is 6.50. The van der Waals surface area contributed by atoms with Crippen LogP contribution in [-0.2, 0) is 20.6 Å². The van der Waals surface area contributed by atoms with Crippen molar-refractivity contribution in [3.8, 4) is 0 Å². The summed E-state index contributed by atoms with van der Waals surface area (Å²) in [5.74, 6) is 1.85. The number of halogens is 2. The van der Waals surface area contributed by atoms with Crippen molar-refractivity contribution in [2.24, 2.45) is 0 Å². The molecule has 0 amide bonds. The summed E-state index contributed by atoms with van der Waals surface area (Å²) in [6.45, 7) is 0. The highest BCUT2D eigenvalue weighted by Gasteiger charge is 2.21. The predicted octanol–water partition coefficient (Wildman–Crippen LogP) is 2.96. The fourth-order valence-corrected chi connectivity index (χ4v) is 9.41. The predicted molar refractivity (Wildman–Crippen MR) is 75.3 cm³/mol. The van der Waals surface area contributed by atoms with E-state index in [1.807, 2.05) is 0 Å². The van der Waals surface area contributed by atoms with Gasteiger partial charge in [0.25, 0.3) is 0 Å². The third kappa shape index (κ3) is 4.43. The summed E-state index contributed by atoms with van der Waals surface area (Å²) in [7, 11) is 3.02. The average molecular weight is 311 g/mol. The zero-order valence-electron chi connectivity index (χ0n) is 8.19. The van der Waals surface area contributed by atoms with Crippen LogP contribution in [0.3, 0.4) is 0 Å². The Hall–Kier alpha value is 1.93. The SMILES string of the molecule is CN1CS(=S)CN(C)P(Cl)CCP1Cl. The Morgan fingerprint density at radius 3 is 1.79 bits per heavy atom. The monoisotopic (exact) mass is 310 g/mol. The van der Waals surface area contributed by atoms with Gasteiger partial charge in [0.15, 0.2) is 0 Å². The van der Waals surface area contributed by atoms with Crippen molar-refractivity contribution in [1.82, 2.24) is 9.34 Å². The Bertz CT molecular complexity index is 202. The molecule has 0 aromatic heterocycles. The molecule has 1 rings (SSSR count). The molecular formula is C6H14Cl2N2P2S2. The molecule has 2 atom stereocenters. The third-order valence-electron chi connectivity index (χ3n) is 1.87. The summed E-state index contributed by atoms with van der Waals surface area (Å²) in [5.41, 5.74) is 0. The van der Waals surface area contributed by atoms with E-state index in [4.69, 9.17) is 33.7 Å². The van der Waals surface area contributed by atoms with Gasteiger partial charge in [0.05, 0.1) is 26.6 Å². The van der Waals surface area contributed by atoms with Crippen molar-refractivity contribution in [2.45, 2.75) is 0 Å². The molecular weight excluding hydrogens is 297 g/mol. The van der Waals surface area contributed by atoms with Crippen molar-refractivity contribution in [1.29, 1.82) is 0 Å². The minimum atomic E-state index is -0.535. The van der Waals surface area contributed by atoms with Crippen molar-refractivity contribution >= 4 is 58.0 Å². The molecule has 0 aromatic rings. The second-order valence-electron chi connectivity index (χ2n) is 3.13. The first-order valence-corrected chi connectivity index (χ1v) is 11.4. The lowest BCUT2D eigenvalue weighted by Gasteiger charge is -2.21. The second kappa shape index (κ2) is 6.61. The maximum absolute atomic E-state index is 6.28. The molecule has 1 heterocycles. The van der Waals surface area contributed by atoms with E-state index in [-0.39, 0.29) is 9.45 Å². The minimum absolute atomic E-state index is 0.0327. The Balaban J connectivity index is 2.64. The molecule has 0 saturated carbocycles. The number of hydrogen-bond acceptors (Lipinski definition) is 3. The molecule has 0 N–H and O–H groups in total. The number of rotatable bonds is 0. The Kier molecular flexibility index (Phi) is 6.61. The zero-order valence-corrected chi connectivity index (χ0v) is 13.1. The van der Waals surface area contributed by atoms with Gasteiger partial charge in [-0.15, -0.1) is 0 Å². The van der Waals surface area contributed by atoms with Crippen LogP contribution in [0.4, 0.5) is 0 Å². The summed E-state index contributed by atoms with van der Waals surface area (Å²) in [4.78, 5) is 0. The fraction of sp³-hybridized carbons (Fsp3) is 1.00. The van der Waals surface area contributed by atoms with Gasteiger partial charge in [-0.3, -0.25) is 9.34 Å². The molecule has 1 fully saturated rings. The van der Waals surface area contributed by atoms with E-state index in [1.54, 1.807) is 0 Å². The van der Waals surface area contributed by atoms with Crippen molar-refractivity contribution in [3.63, 3.8) is 0 Å². The van der Waals surface area contributed by atoms with E-state index in [0.29, 0.717) is 0 Å². The molecule has 1 aliphatic rings. The Labute approximate surface area is 105 Å². The van der Waals surface area contributed by atoms with Gasteiger partial charge in [-0.25, -0.2) is 0 Å². The first-order valence-electron chi connectivity index (χ1n) is 4.14. The molecule has 8 heteroatoms. The highest BCUT2D eigenvalue weighted by atomic mass is 35.7. The van der Waals surface area contributed by atoms with Crippen LogP contribution >= 0.6 is 37.3 Å². The largest absolute Gasteiger partial charge is 0.263 e. The van der Waals surface area contributed by atoms with Gasteiger partial charge in [-0.05, 0) is 25.3 Å². The van der Waals surface area contributed by atoms with Crippen LogP contribution in [0.1, 0.15) is 0 Å². The lowest BCUT2D eigenvalue weighted by atomic mass is 11.0. The van der Waals surface area contributed by atoms with E-state index >= 15 is 0 Å². The summed E-state index contributed by atoms with van der Waals surface area (Å²) in [5, 5.41) is 0. The Morgan fingerprint density at radius 1 is 1.07 bits per heavy atom. The standard InChI is InChI=1S/C6H14Cl2N2P2S2/c1-9-5-14(13)6-10(2)12(8)4-3-11(9)7/h3-6H2,1-2H3. The van der Waals surface area contributed by atoms with Gasteiger partial charge in [-0.1, -0.05) is 31.9 Å². The summed E-state index contributed by atoms with van der Waals surface area (Å²) in [6.07, 6.45) is 2.03. The molecule has 0 spiro atoms. The van der Waals surface area contributed by atoms with Crippen LogP contribution in [0.5, 0.6) is 0 Å². The molecule has 14 heavy (non-hydrogen) atoms. The van der Waals surface area contributed by atoms with Gasteiger partial charge in [0.2, 0.25) is 0 Å². The van der Waals surface area contributed by atoms with Gasteiger partial charge in [0, 0.05) is 12.3 Å². The van der Waals surface area contributed by atoms with Crippen LogP contribution in [0.15, 0.2) is 0 Å². The van der Waals surface area contributed by atoms with E-state index in [9.17, 15) is 0 Å². The molecule has 0 aromatic carbocycles. The molecule has 84 valence electrons. The number of hydrogen-bond donors (Lipinski definition) is 0. The minimum Gasteiger partial charge on any atom is -0.263 e. The quantitative estimate of drug-likeness (QED) is 0.635. The molecule has 1 saturated heterocycles. The lowest BCUT2D eigenvalue weighted by Crippen LogP contribution is -2.22. The van der Waals surface area contributed by atoms with Gasteiger partial charge >= 0.3 is 0 Å². The molecule has 0 aliphatic carbocycles. The smallest absolute Gasteiger partial charge is 0.0635 e. The van der Waals surface area contributed by atoms with E-state index in [0.717, 1.165) is 24.1 Å². The number of nitrogens with zero attached hydrogens (tertiary/aromatic N) is 2. The van der Waals surface area contributed by atoms with E-state index in [1.165, 1.54) is 0 Å². The van der Waals surface area contributed by atoms with Crippen LogP contribution in [0.2, 0.25) is 0 Å². The Morgan fingerprint density at radius 2 is 1.43 bits per heavy atom. The average Bonchev–Trinajstić information content (AvgIpc) is 2.14. The van der Waals surface area contributed by atoms with Gasteiger partial charge < -0.3 is 0 Å². The van der Waals surface area contributed by atoms with Crippen molar-refractivity contribution in [3.05, 3.63) is 0 Å². The second-order valence-corrected chi connectivity index (χ2v) is 11.9. The van der Waals surface area contributed by atoms with Crippen molar-refractivity contribution in [2.75, 3.05) is 38.2 Å². The summed E-state index contributed by atoms with van der Waals surface area (Å²) >= 11 is 18.0. The summed E-state index contributed by atoms with van der Waals surface area (Å²) in [6, 6.07) is 0. The zero-order chi connectivity index (χ0) is 10.7. The van der Waals surface area contributed by atoms with E-state index < -0.39 is 14.9 Å². The summed E-state index contributed by atoms with van der Waals surface area (Å²) < 4.78 is 4.40. The lowest BCUT2D eigenvalue weighted by molar-refractivity contribution is 0.641. The molecule has 2 nitrogen and oxygen atoms in total. The van der Waals surface area contributed by atoms with Gasteiger partial charge in [0.1, 0.15) is 0 Å². The highest BCUT2D eigenvalue weighted by molar-refractivity contribution is 8.29. The first kappa shape index (κ1) is 14.0. The van der Waals surface area contributed by atoms with Crippen LogP contribution < -0.4 is 0 Å². The van der Waals surface area contributed by atoms with Gasteiger partial charge in [-0.2, -0.15) is 0 Å². The van der Waals surface area contributed by atoms with Crippen LogP contribution in [-0.4, -0.2) is 47.5 Å².